The maximum atomic E-state index is 9.02. The van der Waals surface area contributed by atoms with Crippen molar-refractivity contribution in [1.29, 1.82) is 0 Å². The van der Waals surface area contributed by atoms with Crippen molar-refractivity contribution in [2.75, 3.05) is 12.4 Å². The topological polar surface area (TPSA) is 63.8 Å². The number of aliphatic hydroxyl groups excluding tert-OH is 1. The summed E-state index contributed by atoms with van der Waals surface area (Å²) in [5.41, 5.74) is 6.50. The Kier molecular flexibility index (Phi) is 5.04. The first-order valence-electron chi connectivity index (χ1n) is 9.99. The Hall–Kier alpha value is -2.70. The maximum Gasteiger partial charge on any atom is 0.119 e. The van der Waals surface area contributed by atoms with Gasteiger partial charge in [0.15, 0.2) is 0 Å². The third kappa shape index (κ3) is 3.43. The van der Waals surface area contributed by atoms with Crippen LogP contribution in [0.5, 0.6) is 0 Å². The number of aliphatic hydroxyl groups is 1. The molecule has 146 valence electrons. The van der Waals surface area contributed by atoms with E-state index >= 15 is 0 Å². The molecule has 0 saturated heterocycles. The van der Waals surface area contributed by atoms with E-state index in [4.69, 9.17) is 10.2 Å². The van der Waals surface area contributed by atoms with Crippen molar-refractivity contribution < 1.29 is 5.11 Å². The van der Waals surface area contributed by atoms with E-state index in [2.05, 4.69) is 38.9 Å². The third-order valence-electron chi connectivity index (χ3n) is 5.30. The van der Waals surface area contributed by atoms with E-state index in [-0.39, 0.29) is 6.61 Å². The van der Waals surface area contributed by atoms with Crippen molar-refractivity contribution in [2.45, 2.75) is 30.7 Å². The van der Waals surface area contributed by atoms with Crippen molar-refractivity contribution in [1.82, 2.24) is 19.7 Å². The molecular weight excluding hydrogens is 380 g/mol. The zero-order valence-corrected chi connectivity index (χ0v) is 16.9. The number of fused-ring (bicyclic) bond motifs is 2. The van der Waals surface area contributed by atoms with Crippen molar-refractivity contribution in [3.63, 3.8) is 0 Å². The molecule has 0 bridgehead atoms. The van der Waals surface area contributed by atoms with Gasteiger partial charge in [0.25, 0.3) is 0 Å². The van der Waals surface area contributed by atoms with Gasteiger partial charge in [-0.3, -0.25) is 14.6 Å². The molecule has 0 unspecified atom stereocenters. The number of pyridine rings is 2. The van der Waals surface area contributed by atoms with E-state index in [9.17, 15) is 0 Å². The molecule has 0 fully saturated rings. The van der Waals surface area contributed by atoms with Crippen LogP contribution in [-0.4, -0.2) is 37.2 Å². The van der Waals surface area contributed by atoms with Gasteiger partial charge < -0.3 is 5.11 Å². The highest BCUT2D eigenvalue weighted by Gasteiger charge is 2.25. The van der Waals surface area contributed by atoms with E-state index in [0.717, 1.165) is 53.9 Å². The van der Waals surface area contributed by atoms with Gasteiger partial charge in [-0.2, -0.15) is 5.10 Å². The summed E-state index contributed by atoms with van der Waals surface area (Å²) in [7, 11) is 0. The van der Waals surface area contributed by atoms with Crippen molar-refractivity contribution in [3.05, 3.63) is 60.6 Å². The van der Waals surface area contributed by atoms with E-state index < -0.39 is 0 Å². The number of thioether (sulfide) groups is 1. The molecule has 0 aliphatic carbocycles. The summed E-state index contributed by atoms with van der Waals surface area (Å²) in [6.45, 7) is 1.19. The van der Waals surface area contributed by atoms with Crippen LogP contribution in [0.2, 0.25) is 0 Å². The summed E-state index contributed by atoms with van der Waals surface area (Å²) >= 11 is 1.76. The zero-order valence-electron chi connectivity index (χ0n) is 16.1. The maximum absolute atomic E-state index is 9.02. The summed E-state index contributed by atoms with van der Waals surface area (Å²) in [5, 5.41) is 15.1. The van der Waals surface area contributed by atoms with Crippen LogP contribution in [0, 0.1) is 0 Å². The highest BCUT2D eigenvalue weighted by Crippen LogP contribution is 2.40. The van der Waals surface area contributed by atoms with E-state index in [1.165, 1.54) is 21.7 Å². The second kappa shape index (κ2) is 7.97. The van der Waals surface area contributed by atoms with Gasteiger partial charge in [-0.05, 0) is 55.2 Å². The first-order valence-corrected chi connectivity index (χ1v) is 11.0. The number of nitrogens with zero attached hydrogens (tertiary/aromatic N) is 4. The Bertz CT molecular complexity index is 1160. The smallest absolute Gasteiger partial charge is 0.119 e. The minimum atomic E-state index is 0.228. The lowest BCUT2D eigenvalue weighted by atomic mass is 9.97. The van der Waals surface area contributed by atoms with Gasteiger partial charge in [-0.25, -0.2) is 0 Å². The SMILES string of the molecule is OCCCSc1ccc2c(-c3c(-c4ccccn4)nn4c3CCC4)ccnc2c1. The van der Waals surface area contributed by atoms with Crippen LogP contribution in [-0.2, 0) is 13.0 Å². The highest BCUT2D eigenvalue weighted by molar-refractivity contribution is 7.99. The summed E-state index contributed by atoms with van der Waals surface area (Å²) in [6.07, 6.45) is 6.68. The van der Waals surface area contributed by atoms with E-state index in [0.29, 0.717) is 0 Å². The minimum absolute atomic E-state index is 0.228. The quantitative estimate of drug-likeness (QED) is 0.378. The lowest BCUT2D eigenvalue weighted by Crippen LogP contribution is -1.94. The number of hydrogen-bond donors (Lipinski definition) is 1. The predicted octanol–water partition coefficient (Wildman–Crippen LogP) is 4.58. The van der Waals surface area contributed by atoms with Crippen molar-refractivity contribution in [2.24, 2.45) is 0 Å². The molecule has 1 N–H and O–H groups in total. The molecule has 1 aliphatic rings. The van der Waals surface area contributed by atoms with Gasteiger partial charge in [0.1, 0.15) is 5.69 Å². The number of rotatable bonds is 6. The molecule has 4 heterocycles. The minimum Gasteiger partial charge on any atom is -0.396 e. The normalized spacial score (nSPS) is 13.1. The summed E-state index contributed by atoms with van der Waals surface area (Å²) in [5.74, 6) is 0.905. The molecule has 1 aromatic carbocycles. The van der Waals surface area contributed by atoms with Gasteiger partial charge in [0, 0.05) is 52.8 Å². The molecule has 0 amide bonds. The largest absolute Gasteiger partial charge is 0.396 e. The fraction of sp³-hybridized carbons (Fsp3) is 0.261. The van der Waals surface area contributed by atoms with Crippen LogP contribution >= 0.6 is 11.8 Å². The second-order valence-corrected chi connectivity index (χ2v) is 8.34. The fourth-order valence-electron chi connectivity index (χ4n) is 3.99. The summed E-state index contributed by atoms with van der Waals surface area (Å²) in [4.78, 5) is 10.4. The second-order valence-electron chi connectivity index (χ2n) is 7.18. The average molecular weight is 403 g/mol. The summed E-state index contributed by atoms with van der Waals surface area (Å²) < 4.78 is 2.14. The third-order valence-corrected chi connectivity index (χ3v) is 6.38. The van der Waals surface area contributed by atoms with Gasteiger partial charge in [0.05, 0.1) is 11.2 Å². The van der Waals surface area contributed by atoms with Crippen LogP contribution in [0.4, 0.5) is 0 Å². The van der Waals surface area contributed by atoms with E-state index in [1.807, 2.05) is 30.6 Å². The van der Waals surface area contributed by atoms with Crippen LogP contribution in [0.25, 0.3) is 33.4 Å². The van der Waals surface area contributed by atoms with Gasteiger partial charge >= 0.3 is 0 Å². The van der Waals surface area contributed by atoms with Crippen LogP contribution in [0.15, 0.2) is 59.8 Å². The molecule has 3 aromatic heterocycles. The lowest BCUT2D eigenvalue weighted by Gasteiger charge is -2.10. The fourth-order valence-corrected chi connectivity index (χ4v) is 4.86. The first-order chi connectivity index (χ1) is 14.3. The molecule has 0 radical (unpaired) electrons. The average Bonchev–Trinajstić information content (AvgIpc) is 3.35. The molecule has 29 heavy (non-hydrogen) atoms. The molecule has 0 spiro atoms. The first kappa shape index (κ1) is 18.3. The number of aryl methyl sites for hydroxylation is 1. The lowest BCUT2D eigenvalue weighted by molar-refractivity contribution is 0.296. The van der Waals surface area contributed by atoms with Gasteiger partial charge in [-0.15, -0.1) is 11.8 Å². The van der Waals surface area contributed by atoms with Crippen molar-refractivity contribution >= 4 is 22.7 Å². The Labute approximate surface area is 173 Å². The zero-order chi connectivity index (χ0) is 19.6. The van der Waals surface area contributed by atoms with Gasteiger partial charge in [0.2, 0.25) is 0 Å². The Morgan fingerprint density at radius 1 is 1.07 bits per heavy atom. The molecule has 0 atom stereocenters. The predicted molar refractivity (Wildman–Crippen MR) is 117 cm³/mol. The van der Waals surface area contributed by atoms with Crippen molar-refractivity contribution in [3.8, 4) is 22.5 Å². The Balaban J connectivity index is 1.64. The molecule has 1 aliphatic heterocycles. The summed E-state index contributed by atoms with van der Waals surface area (Å²) in [6, 6.07) is 14.5. The Morgan fingerprint density at radius 3 is 2.90 bits per heavy atom. The van der Waals surface area contributed by atoms with Crippen LogP contribution in [0.1, 0.15) is 18.5 Å². The molecule has 4 aromatic rings. The number of benzene rings is 1. The Morgan fingerprint density at radius 2 is 2.03 bits per heavy atom. The van der Waals surface area contributed by atoms with Crippen LogP contribution in [0.3, 0.4) is 0 Å². The number of hydrogen-bond acceptors (Lipinski definition) is 5. The van der Waals surface area contributed by atoms with Gasteiger partial charge in [-0.1, -0.05) is 12.1 Å². The molecule has 0 saturated carbocycles. The molecule has 6 heteroatoms. The number of aromatic nitrogens is 4. The highest BCUT2D eigenvalue weighted by atomic mass is 32.2. The molecular formula is C23H22N4OS. The van der Waals surface area contributed by atoms with E-state index in [1.54, 1.807) is 11.8 Å². The molecule has 5 nitrogen and oxygen atoms in total. The standard InChI is InChI=1S/C23H22N4OS/c28-13-4-14-29-16-7-8-17-18(9-11-25-20(17)15-16)22-21-6-3-12-27(21)26-23(22)19-5-1-2-10-24-19/h1-2,5,7-11,15,28H,3-4,6,12-14H2. The monoisotopic (exact) mass is 402 g/mol. The van der Waals surface area contributed by atoms with Crippen LogP contribution < -0.4 is 0 Å². The molecule has 5 rings (SSSR count).